The average Bonchev–Trinajstić information content (AvgIpc) is 3.49. The molecule has 2 heterocycles. The van der Waals surface area contributed by atoms with Crippen LogP contribution in [0.2, 0.25) is 0 Å². The molecule has 0 aliphatic carbocycles. The van der Waals surface area contributed by atoms with Crippen LogP contribution in [0.5, 0.6) is 0 Å². The maximum Gasteiger partial charge on any atom is 0.274 e. The first-order valence-electron chi connectivity index (χ1n) is 15.1. The maximum absolute atomic E-state index is 13.6. The van der Waals surface area contributed by atoms with Gasteiger partial charge >= 0.3 is 0 Å². The molecular formula is C32H40N6O7S. The van der Waals surface area contributed by atoms with Crippen molar-refractivity contribution >= 4 is 33.7 Å². The number of benzene rings is 2. The second-order valence-electron chi connectivity index (χ2n) is 11.7. The van der Waals surface area contributed by atoms with E-state index in [9.17, 15) is 27.6 Å². The fourth-order valence-corrected chi connectivity index (χ4v) is 6.44. The van der Waals surface area contributed by atoms with E-state index in [2.05, 4.69) is 26.4 Å². The van der Waals surface area contributed by atoms with Crippen LogP contribution < -0.4 is 21.3 Å². The molecule has 1 aliphatic rings. The molecule has 2 aromatic carbocycles. The van der Waals surface area contributed by atoms with E-state index in [1.807, 2.05) is 44.2 Å². The number of rotatable bonds is 7. The number of hydrogen-bond donors (Lipinski definition) is 4. The summed E-state index contributed by atoms with van der Waals surface area (Å²) in [6.07, 6.45) is 0.433. The van der Waals surface area contributed by atoms with E-state index in [0.29, 0.717) is 5.56 Å². The van der Waals surface area contributed by atoms with Crippen LogP contribution in [0, 0.1) is 5.92 Å². The van der Waals surface area contributed by atoms with Gasteiger partial charge < -0.3 is 25.8 Å². The molecule has 1 aromatic heterocycles. The first-order valence-corrected chi connectivity index (χ1v) is 16.7. The second kappa shape index (κ2) is 15.6. The highest BCUT2D eigenvalue weighted by Crippen LogP contribution is 2.16. The molecule has 0 unspecified atom stereocenters. The minimum absolute atomic E-state index is 0.0116. The summed E-state index contributed by atoms with van der Waals surface area (Å²) in [5, 5.41) is 14.6. The Bertz CT molecular complexity index is 1610. The average molecular weight is 653 g/mol. The molecule has 4 amide bonds. The molecule has 0 spiro atoms. The first-order chi connectivity index (χ1) is 21.9. The molecule has 0 fully saturated rings. The number of hydrogen-bond acceptors (Lipinski definition) is 8. The molecule has 3 aromatic rings. The third kappa shape index (κ3) is 9.72. The predicted octanol–water partition coefficient (Wildman–Crippen LogP) is 1.51. The van der Waals surface area contributed by atoms with Crippen molar-refractivity contribution in [2.24, 2.45) is 5.92 Å². The van der Waals surface area contributed by atoms with Crippen molar-refractivity contribution in [2.75, 3.05) is 13.1 Å². The van der Waals surface area contributed by atoms with Crippen molar-refractivity contribution in [2.45, 2.75) is 64.0 Å². The van der Waals surface area contributed by atoms with E-state index < -0.39 is 51.8 Å². The van der Waals surface area contributed by atoms with Gasteiger partial charge in [-0.25, -0.2) is 8.42 Å². The minimum Gasteiger partial charge on any atom is -0.359 e. The lowest BCUT2D eigenvalue weighted by Crippen LogP contribution is -2.57. The highest BCUT2D eigenvalue weighted by molar-refractivity contribution is 7.88. The first kappa shape index (κ1) is 34.3. The summed E-state index contributed by atoms with van der Waals surface area (Å²) >= 11 is 0. The van der Waals surface area contributed by atoms with E-state index in [1.54, 1.807) is 30.3 Å². The second-order valence-corrected chi connectivity index (χ2v) is 13.7. The van der Waals surface area contributed by atoms with Crippen molar-refractivity contribution in [3.63, 3.8) is 0 Å². The van der Waals surface area contributed by atoms with Crippen LogP contribution in [0.25, 0.3) is 0 Å². The zero-order valence-corrected chi connectivity index (χ0v) is 26.9. The smallest absolute Gasteiger partial charge is 0.274 e. The molecule has 0 saturated carbocycles. The lowest BCUT2D eigenvalue weighted by atomic mass is 10.0. The third-order valence-electron chi connectivity index (χ3n) is 7.37. The Hall–Kier alpha value is -4.56. The van der Waals surface area contributed by atoms with Gasteiger partial charge in [-0.3, -0.25) is 19.2 Å². The van der Waals surface area contributed by atoms with Gasteiger partial charge in [0.2, 0.25) is 27.7 Å². The molecule has 46 heavy (non-hydrogen) atoms. The van der Waals surface area contributed by atoms with Crippen molar-refractivity contribution in [3.05, 3.63) is 89.3 Å². The summed E-state index contributed by atoms with van der Waals surface area (Å²) in [4.78, 5) is 53.1. The van der Waals surface area contributed by atoms with E-state index in [4.69, 9.17) is 4.52 Å². The summed E-state index contributed by atoms with van der Waals surface area (Å²) in [6, 6.07) is 16.0. The molecule has 14 heteroatoms. The van der Waals surface area contributed by atoms with Gasteiger partial charge in [-0.2, -0.15) is 4.31 Å². The maximum atomic E-state index is 13.6. The van der Waals surface area contributed by atoms with Crippen LogP contribution in [0.4, 0.5) is 0 Å². The van der Waals surface area contributed by atoms with Crippen molar-refractivity contribution in [3.8, 4) is 0 Å². The number of nitrogens with zero attached hydrogens (tertiary/aromatic N) is 2. The summed E-state index contributed by atoms with van der Waals surface area (Å²) < 4.78 is 33.6. The Labute approximate surface area is 268 Å². The molecule has 2 bridgehead atoms. The van der Waals surface area contributed by atoms with E-state index >= 15 is 0 Å². The Morgan fingerprint density at radius 2 is 1.50 bits per heavy atom. The Balaban J connectivity index is 1.65. The van der Waals surface area contributed by atoms with Crippen molar-refractivity contribution in [1.29, 1.82) is 0 Å². The lowest BCUT2D eigenvalue weighted by Gasteiger charge is -2.26. The lowest BCUT2D eigenvalue weighted by molar-refractivity contribution is -0.132. The van der Waals surface area contributed by atoms with Crippen molar-refractivity contribution in [1.82, 2.24) is 30.7 Å². The molecule has 0 radical (unpaired) electrons. The summed E-state index contributed by atoms with van der Waals surface area (Å²) in [5.74, 6) is -2.60. The molecule has 0 saturated heterocycles. The number of nitrogens with one attached hydrogen (secondary N) is 4. The SMILES string of the molecule is CC(C)C[C@H]1NC(=O)[C@@H](C)NC(=O)c2cc(on2)CN(S(=O)(=O)Cc2ccccc2)CCNC(=O)[C@@H](Cc2ccccc2)NC1=O. The van der Waals surface area contributed by atoms with Crippen LogP contribution in [0.15, 0.2) is 71.3 Å². The minimum atomic E-state index is -3.94. The largest absolute Gasteiger partial charge is 0.359 e. The number of fused-ring (bicyclic) bond motifs is 2. The Morgan fingerprint density at radius 1 is 0.870 bits per heavy atom. The quantitative estimate of drug-likeness (QED) is 0.297. The van der Waals surface area contributed by atoms with E-state index in [-0.39, 0.29) is 55.6 Å². The Morgan fingerprint density at radius 3 is 2.15 bits per heavy atom. The van der Waals surface area contributed by atoms with Crippen LogP contribution in [0.3, 0.4) is 0 Å². The van der Waals surface area contributed by atoms with Crippen molar-refractivity contribution < 1.29 is 32.1 Å². The summed E-state index contributed by atoms with van der Waals surface area (Å²) in [5.41, 5.74) is 1.21. The molecule has 4 rings (SSSR count). The molecule has 3 atom stereocenters. The number of sulfonamides is 1. The van der Waals surface area contributed by atoms with Gasteiger partial charge in [0, 0.05) is 25.6 Å². The predicted molar refractivity (Wildman–Crippen MR) is 169 cm³/mol. The summed E-state index contributed by atoms with van der Waals surface area (Å²) in [6.45, 7) is 4.77. The number of amides is 4. The van der Waals surface area contributed by atoms with Crippen LogP contribution >= 0.6 is 0 Å². The van der Waals surface area contributed by atoms with Gasteiger partial charge in [-0.1, -0.05) is 79.7 Å². The number of aromatic nitrogens is 1. The third-order valence-corrected chi connectivity index (χ3v) is 9.16. The monoisotopic (exact) mass is 652 g/mol. The molecule has 4 N–H and O–H groups in total. The molecular weight excluding hydrogens is 612 g/mol. The topological polar surface area (TPSA) is 180 Å². The van der Waals surface area contributed by atoms with Gasteiger partial charge in [0.15, 0.2) is 11.5 Å². The molecule has 1 aliphatic heterocycles. The van der Waals surface area contributed by atoms with Crippen LogP contribution in [0.1, 0.15) is 54.6 Å². The highest BCUT2D eigenvalue weighted by atomic mass is 32.2. The number of carbonyl (C=O) groups is 4. The van der Waals surface area contributed by atoms with Crippen LogP contribution in [-0.2, 0) is 43.1 Å². The van der Waals surface area contributed by atoms with Gasteiger partial charge in [-0.05, 0) is 30.4 Å². The molecule has 246 valence electrons. The molecule has 13 nitrogen and oxygen atoms in total. The normalized spacial score (nSPS) is 21.0. The highest BCUT2D eigenvalue weighted by Gasteiger charge is 2.31. The summed E-state index contributed by atoms with van der Waals surface area (Å²) in [7, 11) is -3.94. The zero-order valence-electron chi connectivity index (χ0n) is 26.1. The fourth-order valence-electron chi connectivity index (χ4n) is 4.96. The van der Waals surface area contributed by atoms with Gasteiger partial charge in [0.05, 0.1) is 12.3 Å². The zero-order chi connectivity index (χ0) is 33.3. The van der Waals surface area contributed by atoms with Crippen LogP contribution in [-0.4, -0.2) is 72.7 Å². The Kier molecular flexibility index (Phi) is 11.7. The van der Waals surface area contributed by atoms with Gasteiger partial charge in [0.1, 0.15) is 18.1 Å². The van der Waals surface area contributed by atoms with Gasteiger partial charge in [0.25, 0.3) is 5.91 Å². The van der Waals surface area contributed by atoms with E-state index in [1.165, 1.54) is 13.0 Å². The fraction of sp³-hybridized carbons (Fsp3) is 0.406. The number of carbonyl (C=O) groups excluding carboxylic acids is 4. The van der Waals surface area contributed by atoms with E-state index in [0.717, 1.165) is 9.87 Å². The van der Waals surface area contributed by atoms with Gasteiger partial charge in [-0.15, -0.1) is 0 Å². The standard InChI is InChI=1S/C32H40N6O7S/c1-21(2)16-26-31(41)36-27(17-23-10-6-4-7-11-23)30(40)33-14-15-38(46(43,44)20-24-12-8-5-9-13-24)19-25-18-28(37-45-25)32(42)34-22(3)29(39)35-26/h4-13,18,21-22,26-27H,14-17,19-20H2,1-3H3,(H,33,40)(H,34,42)(H,35,39)(H,36,41)/t22-,26-,27-/m1/s1.